The number of halogens is 1. The van der Waals surface area contributed by atoms with Crippen LogP contribution in [0.2, 0.25) is 5.02 Å². The normalized spacial score (nSPS) is 18.0. The quantitative estimate of drug-likeness (QED) is 0.787. The first-order chi connectivity index (χ1) is 11.2. The molecule has 0 atom stereocenters. The van der Waals surface area contributed by atoms with Gasteiger partial charge in [0, 0.05) is 11.2 Å². The maximum Gasteiger partial charge on any atom is 0.238 e. The number of hydrogen-bond acceptors (Lipinski definition) is 3. The summed E-state index contributed by atoms with van der Waals surface area (Å²) in [5.74, 6) is 0.919. The summed E-state index contributed by atoms with van der Waals surface area (Å²) in [7, 11) is 0. The fraction of sp³-hybridized carbons (Fsp3) is 0.235. The Labute approximate surface area is 137 Å². The Kier molecular flexibility index (Phi) is 2.46. The molecule has 3 heterocycles. The maximum atomic E-state index is 12.9. The fourth-order valence-electron chi connectivity index (χ4n) is 3.51. The molecule has 3 aromatic rings. The highest BCUT2D eigenvalue weighted by Gasteiger charge is 2.59. The van der Waals surface area contributed by atoms with Crippen LogP contribution in [0.1, 0.15) is 24.2 Å². The molecule has 1 amide bonds. The lowest BCUT2D eigenvalue weighted by Crippen LogP contribution is -2.31. The molecule has 23 heavy (non-hydrogen) atoms. The van der Waals surface area contributed by atoms with Gasteiger partial charge in [0.25, 0.3) is 0 Å². The maximum absolute atomic E-state index is 12.9. The number of carbonyl (C=O) groups is 1. The van der Waals surface area contributed by atoms with Gasteiger partial charge in [0.15, 0.2) is 0 Å². The predicted octanol–water partition coefficient (Wildman–Crippen LogP) is 3.19. The predicted molar refractivity (Wildman–Crippen MR) is 87.4 cm³/mol. The van der Waals surface area contributed by atoms with Crippen LogP contribution in [-0.4, -0.2) is 20.9 Å². The van der Waals surface area contributed by atoms with E-state index in [1.165, 1.54) is 0 Å². The Hall–Kier alpha value is -2.40. The minimum atomic E-state index is -0.298. The van der Waals surface area contributed by atoms with Crippen molar-refractivity contribution in [1.29, 1.82) is 0 Å². The summed E-state index contributed by atoms with van der Waals surface area (Å²) in [6.45, 7) is 0.422. The van der Waals surface area contributed by atoms with Crippen molar-refractivity contribution in [3.63, 3.8) is 0 Å². The molecular weight excluding hydrogens is 312 g/mol. The molecule has 1 aromatic carbocycles. The van der Waals surface area contributed by atoms with Gasteiger partial charge in [-0.3, -0.25) is 9.78 Å². The zero-order valence-corrected chi connectivity index (χ0v) is 13.0. The van der Waals surface area contributed by atoms with Crippen molar-refractivity contribution in [2.24, 2.45) is 0 Å². The highest BCUT2D eigenvalue weighted by Crippen LogP contribution is 2.57. The highest BCUT2D eigenvalue weighted by atomic mass is 35.5. The molecule has 114 valence electrons. The lowest BCUT2D eigenvalue weighted by molar-refractivity contribution is -0.120. The molecule has 1 aliphatic heterocycles. The van der Waals surface area contributed by atoms with Gasteiger partial charge in [-0.15, -0.1) is 0 Å². The summed E-state index contributed by atoms with van der Waals surface area (Å²) in [6, 6.07) is 7.52. The number of pyridine rings is 1. The van der Waals surface area contributed by atoms with Crippen LogP contribution in [0.4, 0.5) is 5.69 Å². The summed E-state index contributed by atoms with van der Waals surface area (Å²) in [5.41, 5.74) is 3.45. The smallest absolute Gasteiger partial charge is 0.238 e. The van der Waals surface area contributed by atoms with Crippen molar-refractivity contribution in [3.8, 4) is 0 Å². The molecule has 0 radical (unpaired) electrons. The monoisotopic (exact) mass is 324 g/mol. The molecule has 2 aliphatic rings. The van der Waals surface area contributed by atoms with Crippen LogP contribution in [-0.2, 0) is 16.8 Å². The molecule has 0 bridgehead atoms. The van der Waals surface area contributed by atoms with E-state index in [2.05, 4.69) is 15.0 Å². The van der Waals surface area contributed by atoms with E-state index in [0.717, 1.165) is 41.0 Å². The standard InChI is InChI=1S/C17H13ClN4O/c18-10-1-2-12-13(7-10)21-15(20-12)9-22-14-8-19-6-3-11(14)17(4-5-17)16(22)23/h1-3,6-8H,4-5,9H2,(H,20,21). The van der Waals surface area contributed by atoms with Gasteiger partial charge in [0.2, 0.25) is 5.91 Å². The number of anilines is 1. The minimum absolute atomic E-state index is 0.166. The highest BCUT2D eigenvalue weighted by molar-refractivity contribution is 6.31. The number of hydrogen-bond donors (Lipinski definition) is 1. The van der Waals surface area contributed by atoms with Crippen LogP contribution in [0.5, 0.6) is 0 Å². The van der Waals surface area contributed by atoms with Crippen LogP contribution < -0.4 is 4.90 Å². The van der Waals surface area contributed by atoms with E-state index in [1.807, 2.05) is 24.3 Å². The molecule has 5 nitrogen and oxygen atoms in total. The zero-order chi connectivity index (χ0) is 15.6. The topological polar surface area (TPSA) is 61.9 Å². The van der Waals surface area contributed by atoms with Crippen molar-refractivity contribution < 1.29 is 4.79 Å². The third kappa shape index (κ3) is 1.77. The van der Waals surface area contributed by atoms with Gasteiger partial charge in [-0.05, 0) is 42.7 Å². The van der Waals surface area contributed by atoms with Gasteiger partial charge < -0.3 is 9.88 Å². The lowest BCUT2D eigenvalue weighted by atomic mass is 9.99. The van der Waals surface area contributed by atoms with Gasteiger partial charge in [-0.25, -0.2) is 4.98 Å². The number of H-pyrrole nitrogens is 1. The SMILES string of the molecule is O=C1N(Cc2nc3cc(Cl)ccc3[nH]2)c2cnccc2C12CC2. The van der Waals surface area contributed by atoms with Crippen molar-refractivity contribution in [3.05, 3.63) is 53.1 Å². The molecule has 5 rings (SSSR count). The number of aromatic amines is 1. The van der Waals surface area contributed by atoms with Gasteiger partial charge in [0.05, 0.1) is 34.9 Å². The van der Waals surface area contributed by atoms with Gasteiger partial charge in [0.1, 0.15) is 5.82 Å². The number of carbonyl (C=O) groups excluding carboxylic acids is 1. The number of nitrogens with zero attached hydrogens (tertiary/aromatic N) is 3. The molecule has 6 heteroatoms. The van der Waals surface area contributed by atoms with E-state index in [1.54, 1.807) is 17.3 Å². The summed E-state index contributed by atoms with van der Waals surface area (Å²) in [6.07, 6.45) is 5.39. The number of rotatable bonds is 2. The number of amides is 1. The average Bonchev–Trinajstić information content (AvgIpc) is 3.21. The molecule has 1 N–H and O–H groups in total. The lowest BCUT2D eigenvalue weighted by Gasteiger charge is -2.16. The Morgan fingerprint density at radius 3 is 3.00 bits per heavy atom. The first kappa shape index (κ1) is 13.1. The van der Waals surface area contributed by atoms with Gasteiger partial charge >= 0.3 is 0 Å². The third-order valence-electron chi connectivity index (χ3n) is 4.81. The van der Waals surface area contributed by atoms with E-state index in [9.17, 15) is 4.79 Å². The fourth-order valence-corrected chi connectivity index (χ4v) is 3.68. The zero-order valence-electron chi connectivity index (χ0n) is 12.2. The second kappa shape index (κ2) is 4.32. The van der Waals surface area contributed by atoms with E-state index in [0.29, 0.717) is 11.6 Å². The Balaban J connectivity index is 1.55. The number of fused-ring (bicyclic) bond motifs is 3. The average molecular weight is 325 g/mol. The first-order valence-corrected chi connectivity index (χ1v) is 7.96. The molecule has 2 aromatic heterocycles. The molecule has 1 aliphatic carbocycles. The number of aromatic nitrogens is 3. The molecule has 1 spiro atoms. The van der Waals surface area contributed by atoms with E-state index >= 15 is 0 Å². The molecule has 1 fully saturated rings. The third-order valence-corrected chi connectivity index (χ3v) is 5.05. The van der Waals surface area contributed by atoms with E-state index < -0.39 is 0 Å². The molecule has 1 saturated carbocycles. The van der Waals surface area contributed by atoms with Gasteiger partial charge in [-0.1, -0.05) is 11.6 Å². The number of nitrogens with one attached hydrogen (secondary N) is 1. The van der Waals surface area contributed by atoms with Crippen molar-refractivity contribution in [2.45, 2.75) is 24.8 Å². The Morgan fingerprint density at radius 2 is 2.17 bits per heavy atom. The molecule has 0 unspecified atom stereocenters. The second-order valence-corrected chi connectivity index (χ2v) is 6.65. The van der Waals surface area contributed by atoms with Crippen molar-refractivity contribution in [1.82, 2.24) is 15.0 Å². The van der Waals surface area contributed by atoms with Crippen LogP contribution in [0, 0.1) is 0 Å². The van der Waals surface area contributed by atoms with Crippen LogP contribution >= 0.6 is 11.6 Å². The van der Waals surface area contributed by atoms with E-state index in [4.69, 9.17) is 11.6 Å². The summed E-state index contributed by atoms with van der Waals surface area (Å²) < 4.78 is 0. The number of benzene rings is 1. The summed E-state index contributed by atoms with van der Waals surface area (Å²) >= 11 is 6.01. The van der Waals surface area contributed by atoms with Crippen LogP contribution in [0.15, 0.2) is 36.7 Å². The van der Waals surface area contributed by atoms with Crippen molar-refractivity contribution >= 4 is 34.2 Å². The van der Waals surface area contributed by atoms with Crippen LogP contribution in [0.25, 0.3) is 11.0 Å². The number of imidazole rings is 1. The van der Waals surface area contributed by atoms with E-state index in [-0.39, 0.29) is 11.3 Å². The van der Waals surface area contributed by atoms with Crippen molar-refractivity contribution in [2.75, 3.05) is 4.90 Å². The minimum Gasteiger partial charge on any atom is -0.340 e. The van der Waals surface area contributed by atoms with Gasteiger partial charge in [-0.2, -0.15) is 0 Å². The van der Waals surface area contributed by atoms with Crippen LogP contribution in [0.3, 0.4) is 0 Å². The Morgan fingerprint density at radius 1 is 1.30 bits per heavy atom. The Bertz CT molecular complexity index is 960. The molecule has 0 saturated heterocycles. The second-order valence-electron chi connectivity index (χ2n) is 6.21. The molecular formula is C17H13ClN4O. The first-order valence-electron chi connectivity index (χ1n) is 7.58. The summed E-state index contributed by atoms with van der Waals surface area (Å²) in [5, 5.41) is 0.652. The summed E-state index contributed by atoms with van der Waals surface area (Å²) in [4.78, 5) is 26.7. The largest absolute Gasteiger partial charge is 0.340 e.